The van der Waals surface area contributed by atoms with Crippen molar-refractivity contribution in [1.82, 2.24) is 4.57 Å². The molecule has 76 valence electrons. The predicted octanol–water partition coefficient (Wildman–Crippen LogP) is 0.877. The van der Waals surface area contributed by atoms with Crippen molar-refractivity contribution in [2.24, 2.45) is 5.92 Å². The molecule has 1 aromatic rings. The van der Waals surface area contributed by atoms with Gasteiger partial charge in [-0.05, 0) is 13.0 Å². The summed E-state index contributed by atoms with van der Waals surface area (Å²) in [6.07, 6.45) is 1.61. The van der Waals surface area contributed by atoms with Crippen LogP contribution in [0.25, 0.3) is 0 Å². The van der Waals surface area contributed by atoms with E-state index in [-0.39, 0.29) is 12.1 Å². The summed E-state index contributed by atoms with van der Waals surface area (Å²) in [7, 11) is 0. The third-order valence-corrected chi connectivity index (χ3v) is 2.10. The number of carboxylic acids is 1. The number of carbonyl (C=O) groups is 1. The summed E-state index contributed by atoms with van der Waals surface area (Å²) in [6.45, 7) is 3.51. The van der Waals surface area contributed by atoms with Crippen LogP contribution in [0.4, 0.5) is 0 Å². The molecular formula is C10H13NO3. The van der Waals surface area contributed by atoms with Crippen LogP contribution >= 0.6 is 0 Å². The first kappa shape index (κ1) is 10.5. The maximum absolute atomic E-state index is 11.5. The van der Waals surface area contributed by atoms with Crippen LogP contribution in [0.2, 0.25) is 0 Å². The van der Waals surface area contributed by atoms with E-state index in [1.807, 2.05) is 0 Å². The third kappa shape index (κ3) is 2.22. The molecule has 0 radical (unpaired) electrons. The minimum atomic E-state index is -0.890. The van der Waals surface area contributed by atoms with Gasteiger partial charge >= 0.3 is 5.97 Å². The van der Waals surface area contributed by atoms with Gasteiger partial charge in [-0.3, -0.25) is 9.59 Å². The molecule has 1 rings (SSSR count). The number of aryl methyl sites for hydroxylation is 1. The molecule has 0 aromatic carbocycles. The Hall–Kier alpha value is -1.58. The lowest BCUT2D eigenvalue weighted by Gasteiger charge is -2.09. The largest absolute Gasteiger partial charge is 0.481 e. The summed E-state index contributed by atoms with van der Waals surface area (Å²) >= 11 is 0. The molecule has 0 aliphatic carbocycles. The number of aromatic nitrogens is 1. The second-order valence-corrected chi connectivity index (χ2v) is 3.39. The lowest BCUT2D eigenvalue weighted by atomic mass is 10.2. The van der Waals surface area contributed by atoms with Crippen molar-refractivity contribution in [3.63, 3.8) is 0 Å². The van der Waals surface area contributed by atoms with E-state index < -0.39 is 11.9 Å². The molecule has 14 heavy (non-hydrogen) atoms. The second kappa shape index (κ2) is 4.09. The maximum Gasteiger partial charge on any atom is 0.308 e. The van der Waals surface area contributed by atoms with E-state index >= 15 is 0 Å². The van der Waals surface area contributed by atoms with Crippen LogP contribution in [0.5, 0.6) is 0 Å². The average Bonchev–Trinajstić information content (AvgIpc) is 2.12. The van der Waals surface area contributed by atoms with E-state index in [9.17, 15) is 9.59 Å². The van der Waals surface area contributed by atoms with Crippen LogP contribution in [0.3, 0.4) is 0 Å². The van der Waals surface area contributed by atoms with Gasteiger partial charge in [-0.25, -0.2) is 0 Å². The zero-order chi connectivity index (χ0) is 10.7. The number of carboxylic acid groups (broad SMARTS) is 1. The van der Waals surface area contributed by atoms with Gasteiger partial charge in [0.1, 0.15) is 0 Å². The molecule has 0 spiro atoms. The van der Waals surface area contributed by atoms with Gasteiger partial charge in [-0.1, -0.05) is 13.0 Å². The normalized spacial score (nSPS) is 12.4. The Kier molecular flexibility index (Phi) is 3.06. The lowest BCUT2D eigenvalue weighted by Crippen LogP contribution is -2.26. The molecule has 0 fully saturated rings. The van der Waals surface area contributed by atoms with E-state index in [1.165, 1.54) is 4.57 Å². The average molecular weight is 195 g/mol. The van der Waals surface area contributed by atoms with Crippen molar-refractivity contribution in [1.29, 1.82) is 0 Å². The minimum Gasteiger partial charge on any atom is -0.481 e. The number of rotatable bonds is 3. The van der Waals surface area contributed by atoms with Gasteiger partial charge in [0, 0.05) is 18.3 Å². The molecule has 1 heterocycles. The van der Waals surface area contributed by atoms with Crippen LogP contribution in [-0.2, 0) is 11.3 Å². The number of pyridine rings is 1. The fourth-order valence-corrected chi connectivity index (χ4v) is 1.17. The SMILES string of the molecule is Cc1cccn(CC(C)C(=O)O)c1=O. The smallest absolute Gasteiger partial charge is 0.308 e. The van der Waals surface area contributed by atoms with Gasteiger partial charge in [0.25, 0.3) is 5.56 Å². The lowest BCUT2D eigenvalue weighted by molar-refractivity contribution is -0.141. The zero-order valence-corrected chi connectivity index (χ0v) is 8.23. The summed E-state index contributed by atoms with van der Waals surface area (Å²) in [6, 6.07) is 3.45. The van der Waals surface area contributed by atoms with Crippen molar-refractivity contribution in [2.75, 3.05) is 0 Å². The van der Waals surface area contributed by atoms with E-state index in [4.69, 9.17) is 5.11 Å². The van der Waals surface area contributed by atoms with Gasteiger partial charge in [-0.15, -0.1) is 0 Å². The van der Waals surface area contributed by atoms with Crippen molar-refractivity contribution < 1.29 is 9.90 Å². The molecule has 1 aromatic heterocycles. The quantitative estimate of drug-likeness (QED) is 0.778. The Bertz CT molecular complexity index is 395. The number of nitrogens with zero attached hydrogens (tertiary/aromatic N) is 1. The van der Waals surface area contributed by atoms with E-state index in [1.54, 1.807) is 32.2 Å². The highest BCUT2D eigenvalue weighted by Crippen LogP contribution is 1.99. The summed E-state index contributed by atoms with van der Waals surface area (Å²) in [5, 5.41) is 8.69. The molecule has 0 saturated carbocycles. The van der Waals surface area contributed by atoms with Gasteiger partial charge in [0.05, 0.1) is 5.92 Å². The second-order valence-electron chi connectivity index (χ2n) is 3.39. The molecule has 0 saturated heterocycles. The molecule has 0 bridgehead atoms. The van der Waals surface area contributed by atoms with Crippen molar-refractivity contribution in [3.05, 3.63) is 34.2 Å². The fourth-order valence-electron chi connectivity index (χ4n) is 1.17. The van der Waals surface area contributed by atoms with E-state index in [2.05, 4.69) is 0 Å². The first-order chi connectivity index (χ1) is 6.52. The standard InChI is InChI=1S/C10H13NO3/c1-7-4-3-5-11(9(7)12)6-8(2)10(13)14/h3-5,8H,6H2,1-2H3,(H,13,14). The van der Waals surface area contributed by atoms with Crippen LogP contribution < -0.4 is 5.56 Å². The molecule has 4 nitrogen and oxygen atoms in total. The fraction of sp³-hybridized carbons (Fsp3) is 0.400. The summed E-state index contributed by atoms with van der Waals surface area (Å²) in [4.78, 5) is 22.1. The van der Waals surface area contributed by atoms with Gasteiger partial charge in [0.15, 0.2) is 0 Å². The van der Waals surface area contributed by atoms with Crippen LogP contribution in [0.15, 0.2) is 23.1 Å². The number of hydrogen-bond donors (Lipinski definition) is 1. The monoisotopic (exact) mass is 195 g/mol. The highest BCUT2D eigenvalue weighted by Gasteiger charge is 2.12. The molecule has 1 N–H and O–H groups in total. The first-order valence-electron chi connectivity index (χ1n) is 4.41. The van der Waals surface area contributed by atoms with Crippen molar-refractivity contribution in [3.8, 4) is 0 Å². The highest BCUT2D eigenvalue weighted by atomic mass is 16.4. The summed E-state index contributed by atoms with van der Waals surface area (Å²) in [5.74, 6) is -1.44. The topological polar surface area (TPSA) is 59.3 Å². The molecule has 0 amide bonds. The Morgan fingerprint density at radius 3 is 2.86 bits per heavy atom. The van der Waals surface area contributed by atoms with Crippen molar-refractivity contribution in [2.45, 2.75) is 20.4 Å². The molecule has 0 aliphatic rings. The van der Waals surface area contributed by atoms with Crippen LogP contribution in [-0.4, -0.2) is 15.6 Å². The first-order valence-corrected chi connectivity index (χ1v) is 4.41. The number of aliphatic carboxylic acids is 1. The minimum absolute atomic E-state index is 0.124. The third-order valence-electron chi connectivity index (χ3n) is 2.10. The summed E-state index contributed by atoms with van der Waals surface area (Å²) < 4.78 is 1.42. The van der Waals surface area contributed by atoms with Gasteiger partial charge in [-0.2, -0.15) is 0 Å². The van der Waals surface area contributed by atoms with Gasteiger partial charge in [0.2, 0.25) is 0 Å². The predicted molar refractivity (Wildman–Crippen MR) is 52.2 cm³/mol. The Labute approximate surface area is 81.8 Å². The molecule has 1 unspecified atom stereocenters. The molecule has 4 heteroatoms. The van der Waals surface area contributed by atoms with Crippen molar-refractivity contribution >= 4 is 5.97 Å². The van der Waals surface area contributed by atoms with Gasteiger partial charge < -0.3 is 9.67 Å². The maximum atomic E-state index is 11.5. The Morgan fingerprint density at radius 2 is 2.29 bits per heavy atom. The number of hydrogen-bond acceptors (Lipinski definition) is 2. The van der Waals surface area contributed by atoms with Crippen LogP contribution in [0.1, 0.15) is 12.5 Å². The van der Waals surface area contributed by atoms with E-state index in [0.29, 0.717) is 5.56 Å². The Balaban J connectivity index is 2.93. The molecule has 1 atom stereocenters. The van der Waals surface area contributed by atoms with E-state index in [0.717, 1.165) is 0 Å². The van der Waals surface area contributed by atoms with Crippen LogP contribution in [0, 0.1) is 12.8 Å². The zero-order valence-electron chi connectivity index (χ0n) is 8.23. The molecular weight excluding hydrogens is 182 g/mol. The Morgan fingerprint density at radius 1 is 1.64 bits per heavy atom. The summed E-state index contributed by atoms with van der Waals surface area (Å²) in [5.41, 5.74) is 0.505. The highest BCUT2D eigenvalue weighted by molar-refractivity contribution is 5.69. The molecule has 0 aliphatic heterocycles.